The molecule has 130 valence electrons. The average molecular weight is 339 g/mol. The summed E-state index contributed by atoms with van der Waals surface area (Å²) in [6, 6.07) is 10.8. The van der Waals surface area contributed by atoms with Gasteiger partial charge in [0.15, 0.2) is 11.4 Å². The summed E-state index contributed by atoms with van der Waals surface area (Å²) in [6.07, 6.45) is 5.57. The number of amides is 1. The van der Waals surface area contributed by atoms with Gasteiger partial charge in [-0.25, -0.2) is 0 Å². The van der Waals surface area contributed by atoms with Gasteiger partial charge in [0, 0.05) is 17.8 Å². The molecule has 6 heteroatoms. The molecule has 1 heterocycles. The Kier molecular flexibility index (Phi) is 3.75. The van der Waals surface area contributed by atoms with Gasteiger partial charge in [0.2, 0.25) is 5.43 Å². The number of ether oxygens (including phenoxy) is 1. The maximum Gasteiger partial charge on any atom is 0.274 e. The molecule has 3 saturated carbocycles. The van der Waals surface area contributed by atoms with Crippen molar-refractivity contribution in [2.75, 3.05) is 5.84 Å². The molecule has 6 nitrogen and oxygen atoms in total. The molecule has 1 aromatic heterocycles. The molecule has 0 saturated heterocycles. The highest BCUT2D eigenvalue weighted by atomic mass is 16.5. The zero-order chi connectivity index (χ0) is 17.4. The standard InChI is InChI=1S/C19H21N3O3/c20-22-9-7-15(23)17(25-12-13-4-2-1-3-5-13)16(22)18(24)21-19-8-6-14(10-19)11-19/h1-5,7,9,14H,6,8,10-12,20H2,(H,21,24). The third kappa shape index (κ3) is 2.88. The maximum atomic E-state index is 12.8. The normalized spacial score (nSPS) is 23.8. The zero-order valence-electron chi connectivity index (χ0n) is 13.9. The molecule has 3 N–H and O–H groups in total. The Balaban J connectivity index is 1.59. The molecule has 3 aliphatic rings. The van der Waals surface area contributed by atoms with Crippen LogP contribution in [0.15, 0.2) is 47.4 Å². The van der Waals surface area contributed by atoms with Crippen molar-refractivity contribution in [1.82, 2.24) is 9.99 Å². The van der Waals surface area contributed by atoms with E-state index >= 15 is 0 Å². The summed E-state index contributed by atoms with van der Waals surface area (Å²) >= 11 is 0. The van der Waals surface area contributed by atoms with E-state index < -0.39 is 0 Å². The third-order valence-corrected chi connectivity index (χ3v) is 5.29. The molecule has 3 aliphatic carbocycles. The number of nitrogens with zero attached hydrogens (tertiary/aromatic N) is 1. The fourth-order valence-corrected chi connectivity index (χ4v) is 4.02. The molecule has 0 aliphatic heterocycles. The molecule has 1 aromatic carbocycles. The Labute approximate surface area is 145 Å². The highest BCUT2D eigenvalue weighted by Gasteiger charge is 2.51. The Morgan fingerprint density at radius 3 is 2.72 bits per heavy atom. The predicted molar refractivity (Wildman–Crippen MR) is 93.8 cm³/mol. The summed E-state index contributed by atoms with van der Waals surface area (Å²) in [5, 5.41) is 3.09. The van der Waals surface area contributed by atoms with Crippen LogP contribution in [-0.4, -0.2) is 16.1 Å². The number of hydrogen-bond donors (Lipinski definition) is 2. The molecule has 1 amide bonds. The smallest absolute Gasteiger partial charge is 0.274 e. The van der Waals surface area contributed by atoms with Gasteiger partial charge in [0.05, 0.1) is 0 Å². The van der Waals surface area contributed by atoms with E-state index in [9.17, 15) is 9.59 Å². The maximum absolute atomic E-state index is 12.8. The van der Waals surface area contributed by atoms with E-state index in [2.05, 4.69) is 5.32 Å². The fourth-order valence-electron chi connectivity index (χ4n) is 4.02. The van der Waals surface area contributed by atoms with Crippen molar-refractivity contribution in [3.63, 3.8) is 0 Å². The Bertz CT molecular complexity index is 848. The minimum atomic E-state index is -0.349. The SMILES string of the molecule is Nn1ccc(=O)c(OCc2ccccc2)c1C(=O)NC12CCC(C1)C2. The van der Waals surface area contributed by atoms with E-state index in [1.807, 2.05) is 30.3 Å². The quantitative estimate of drug-likeness (QED) is 0.814. The summed E-state index contributed by atoms with van der Waals surface area (Å²) in [5.74, 6) is 6.31. The van der Waals surface area contributed by atoms with Crippen molar-refractivity contribution in [3.05, 3.63) is 64.1 Å². The number of hydrogen-bond acceptors (Lipinski definition) is 4. The first-order valence-corrected chi connectivity index (χ1v) is 8.56. The molecule has 0 atom stereocenters. The number of benzene rings is 1. The number of carbonyl (C=O) groups excluding carboxylic acids is 1. The summed E-state index contributed by atoms with van der Waals surface area (Å²) in [7, 11) is 0. The minimum absolute atomic E-state index is 0.00313. The van der Waals surface area contributed by atoms with Crippen molar-refractivity contribution in [1.29, 1.82) is 0 Å². The van der Waals surface area contributed by atoms with Gasteiger partial charge in [-0.2, -0.15) is 0 Å². The lowest BCUT2D eigenvalue weighted by atomic mass is 9.77. The van der Waals surface area contributed by atoms with E-state index in [0.29, 0.717) is 0 Å². The summed E-state index contributed by atoms with van der Waals surface area (Å²) in [4.78, 5) is 25.1. The van der Waals surface area contributed by atoms with Gasteiger partial charge < -0.3 is 15.9 Å². The van der Waals surface area contributed by atoms with E-state index in [-0.39, 0.29) is 34.9 Å². The average Bonchev–Trinajstić information content (AvgIpc) is 3.16. The molecule has 2 bridgehead atoms. The van der Waals surface area contributed by atoms with Crippen LogP contribution in [0.5, 0.6) is 5.75 Å². The zero-order valence-corrected chi connectivity index (χ0v) is 13.9. The van der Waals surface area contributed by atoms with Gasteiger partial charge in [0.1, 0.15) is 6.61 Å². The molecule has 0 unspecified atom stereocenters. The molecule has 0 radical (unpaired) electrons. The summed E-state index contributed by atoms with van der Waals surface area (Å²) < 4.78 is 6.86. The monoisotopic (exact) mass is 339 g/mol. The second-order valence-corrected chi connectivity index (χ2v) is 7.09. The first-order chi connectivity index (χ1) is 12.1. The van der Waals surface area contributed by atoms with Crippen molar-refractivity contribution in [2.24, 2.45) is 5.92 Å². The van der Waals surface area contributed by atoms with Gasteiger partial charge >= 0.3 is 0 Å². The molecule has 2 aromatic rings. The molecule has 3 fully saturated rings. The van der Waals surface area contributed by atoms with E-state index in [1.54, 1.807) is 0 Å². The summed E-state index contributed by atoms with van der Waals surface area (Å²) in [5.41, 5.74) is 0.521. The molecule has 25 heavy (non-hydrogen) atoms. The van der Waals surface area contributed by atoms with Crippen molar-refractivity contribution >= 4 is 5.91 Å². The van der Waals surface area contributed by atoms with Gasteiger partial charge in [0.25, 0.3) is 5.91 Å². The van der Waals surface area contributed by atoms with Gasteiger partial charge in [-0.3, -0.25) is 14.3 Å². The van der Waals surface area contributed by atoms with Crippen LogP contribution in [0.2, 0.25) is 0 Å². The Morgan fingerprint density at radius 1 is 1.28 bits per heavy atom. The largest absolute Gasteiger partial charge is 0.482 e. The van der Waals surface area contributed by atoms with Gasteiger partial charge in [-0.1, -0.05) is 30.3 Å². The second kappa shape index (κ2) is 5.95. The lowest BCUT2D eigenvalue weighted by Gasteiger charge is -2.39. The van der Waals surface area contributed by atoms with Gasteiger partial charge in [-0.15, -0.1) is 0 Å². The number of carbonyl (C=O) groups is 1. The van der Waals surface area contributed by atoms with Crippen LogP contribution >= 0.6 is 0 Å². The van der Waals surface area contributed by atoms with E-state index in [1.165, 1.54) is 16.9 Å². The number of nitrogen functional groups attached to an aromatic ring is 1. The number of nitrogens with one attached hydrogen (secondary N) is 1. The molecular formula is C19H21N3O3. The van der Waals surface area contributed by atoms with Crippen LogP contribution < -0.4 is 21.3 Å². The highest BCUT2D eigenvalue weighted by molar-refractivity contribution is 5.95. The van der Waals surface area contributed by atoms with Crippen LogP contribution in [0.4, 0.5) is 0 Å². The Hall–Kier alpha value is -2.76. The highest BCUT2D eigenvalue weighted by Crippen LogP contribution is 2.51. The van der Waals surface area contributed by atoms with Crippen molar-refractivity contribution in [3.8, 4) is 5.75 Å². The minimum Gasteiger partial charge on any atom is -0.482 e. The molecule has 0 spiro atoms. The van der Waals surface area contributed by atoms with Crippen LogP contribution in [-0.2, 0) is 6.61 Å². The van der Waals surface area contributed by atoms with Crippen LogP contribution in [0.3, 0.4) is 0 Å². The fraction of sp³-hybridized carbons (Fsp3) is 0.368. The van der Waals surface area contributed by atoms with Gasteiger partial charge in [-0.05, 0) is 37.2 Å². The van der Waals surface area contributed by atoms with E-state index in [0.717, 1.165) is 37.2 Å². The molecule has 5 rings (SSSR count). The number of rotatable bonds is 5. The second-order valence-electron chi connectivity index (χ2n) is 7.09. The van der Waals surface area contributed by atoms with Crippen LogP contribution in [0, 0.1) is 5.92 Å². The molecular weight excluding hydrogens is 318 g/mol. The number of aromatic nitrogens is 1. The van der Waals surface area contributed by atoms with Crippen molar-refractivity contribution in [2.45, 2.75) is 37.8 Å². The van der Waals surface area contributed by atoms with Crippen LogP contribution in [0.1, 0.15) is 41.7 Å². The number of fused-ring (bicyclic) bond motifs is 1. The van der Waals surface area contributed by atoms with Crippen molar-refractivity contribution < 1.29 is 9.53 Å². The topological polar surface area (TPSA) is 86.3 Å². The number of nitrogens with two attached hydrogens (primary N) is 1. The predicted octanol–water partition coefficient (Wildman–Crippen LogP) is 1.81. The first-order valence-electron chi connectivity index (χ1n) is 8.56. The lowest BCUT2D eigenvalue weighted by molar-refractivity contribution is 0.0826. The summed E-state index contributed by atoms with van der Waals surface area (Å²) in [6.45, 7) is 0.202. The Morgan fingerprint density at radius 2 is 2.04 bits per heavy atom. The third-order valence-electron chi connectivity index (χ3n) is 5.29. The van der Waals surface area contributed by atoms with E-state index in [4.69, 9.17) is 10.6 Å². The lowest BCUT2D eigenvalue weighted by Crippen LogP contribution is -2.52. The first kappa shape index (κ1) is 15.7. The number of pyridine rings is 1. The van der Waals surface area contributed by atoms with Crippen LogP contribution in [0.25, 0.3) is 0 Å².